The summed E-state index contributed by atoms with van der Waals surface area (Å²) >= 11 is 0. The van der Waals surface area contributed by atoms with E-state index in [1.54, 1.807) is 24.7 Å². The van der Waals surface area contributed by atoms with Gasteiger partial charge in [0.15, 0.2) is 5.82 Å². The second-order valence-electron chi connectivity index (χ2n) is 4.23. The molecule has 1 amide bonds. The fraction of sp³-hybridized carbons (Fsp3) is 0.333. The van der Waals surface area contributed by atoms with Gasteiger partial charge < -0.3 is 11.1 Å². The molecule has 0 saturated heterocycles. The minimum Gasteiger partial charge on any atom is -0.370 e. The molecule has 2 rings (SSSR count). The van der Waals surface area contributed by atoms with Crippen molar-refractivity contribution in [2.45, 2.75) is 13.3 Å². The number of benzene rings is 1. The monoisotopic (exact) mass is 250 g/mol. The van der Waals surface area contributed by atoms with Crippen molar-refractivity contribution in [3.8, 4) is 0 Å². The molecule has 3 N–H and O–H groups in total. The van der Waals surface area contributed by atoms with E-state index in [9.17, 15) is 9.18 Å². The van der Waals surface area contributed by atoms with Gasteiger partial charge >= 0.3 is 0 Å². The summed E-state index contributed by atoms with van der Waals surface area (Å²) in [5.74, 6) is -0.0918. The van der Waals surface area contributed by atoms with Gasteiger partial charge in [0.25, 0.3) is 0 Å². The minimum atomic E-state index is -0.384. The Balaban J connectivity index is 2.33. The predicted octanol–water partition coefficient (Wildman–Crippen LogP) is 1.31. The topological polar surface area (TPSA) is 72.9 Å². The second-order valence-corrected chi connectivity index (χ2v) is 4.23. The highest BCUT2D eigenvalue weighted by atomic mass is 19.1. The van der Waals surface area contributed by atoms with Crippen molar-refractivity contribution in [2.24, 2.45) is 12.8 Å². The highest BCUT2D eigenvalue weighted by Crippen LogP contribution is 2.25. The SMILES string of the molecule is Cc1cc2c(cc1F)c(NCCC(N)=O)nn2C. The molecule has 18 heavy (non-hydrogen) atoms. The van der Waals surface area contributed by atoms with Gasteiger partial charge in [-0.25, -0.2) is 4.39 Å². The number of aromatic nitrogens is 2. The number of fused-ring (bicyclic) bond motifs is 1. The maximum atomic E-state index is 13.5. The lowest BCUT2D eigenvalue weighted by atomic mass is 10.1. The second kappa shape index (κ2) is 4.64. The summed E-state index contributed by atoms with van der Waals surface area (Å²) in [6.07, 6.45) is 0.215. The molecule has 0 spiro atoms. The van der Waals surface area contributed by atoms with Gasteiger partial charge in [-0.1, -0.05) is 0 Å². The summed E-state index contributed by atoms with van der Waals surface area (Å²) in [5, 5.41) is 7.94. The van der Waals surface area contributed by atoms with Gasteiger partial charge in [0.05, 0.1) is 5.52 Å². The number of amides is 1. The van der Waals surface area contributed by atoms with Crippen LogP contribution in [0.1, 0.15) is 12.0 Å². The molecule has 0 aliphatic rings. The number of nitrogens with zero attached hydrogens (tertiary/aromatic N) is 2. The molecule has 5 nitrogen and oxygen atoms in total. The first-order valence-electron chi connectivity index (χ1n) is 5.64. The van der Waals surface area contributed by atoms with Gasteiger partial charge in [0.2, 0.25) is 5.91 Å². The number of hydrogen-bond acceptors (Lipinski definition) is 3. The number of anilines is 1. The Labute approximate surface area is 104 Å². The van der Waals surface area contributed by atoms with Gasteiger partial charge in [0, 0.05) is 25.4 Å². The Bertz CT molecular complexity index is 606. The smallest absolute Gasteiger partial charge is 0.219 e. The molecule has 0 aliphatic carbocycles. The molecular formula is C12H15FN4O. The van der Waals surface area contributed by atoms with E-state index in [4.69, 9.17) is 5.73 Å². The summed E-state index contributed by atoms with van der Waals surface area (Å²) in [6, 6.07) is 3.20. The fourth-order valence-corrected chi connectivity index (χ4v) is 1.82. The van der Waals surface area contributed by atoms with Crippen LogP contribution in [-0.4, -0.2) is 22.2 Å². The lowest BCUT2D eigenvalue weighted by Crippen LogP contribution is -2.16. The number of primary amides is 1. The van der Waals surface area contributed by atoms with Crippen LogP contribution in [0.5, 0.6) is 0 Å². The summed E-state index contributed by atoms with van der Waals surface area (Å²) in [7, 11) is 1.79. The lowest BCUT2D eigenvalue weighted by Gasteiger charge is -2.01. The molecule has 96 valence electrons. The first kappa shape index (κ1) is 12.3. The number of nitrogens with one attached hydrogen (secondary N) is 1. The normalized spacial score (nSPS) is 10.8. The first-order valence-corrected chi connectivity index (χ1v) is 5.64. The van der Waals surface area contributed by atoms with Gasteiger partial charge in [-0.3, -0.25) is 9.48 Å². The third-order valence-electron chi connectivity index (χ3n) is 2.79. The van der Waals surface area contributed by atoms with Crippen LogP contribution in [0.2, 0.25) is 0 Å². The zero-order chi connectivity index (χ0) is 13.3. The Morgan fingerprint density at radius 3 is 2.94 bits per heavy atom. The zero-order valence-corrected chi connectivity index (χ0v) is 10.3. The van der Waals surface area contributed by atoms with Crippen LogP contribution in [0.4, 0.5) is 10.2 Å². The van der Waals surface area contributed by atoms with Crippen molar-refractivity contribution in [3.05, 3.63) is 23.5 Å². The van der Waals surface area contributed by atoms with E-state index >= 15 is 0 Å². The predicted molar refractivity (Wildman–Crippen MR) is 67.7 cm³/mol. The summed E-state index contributed by atoms with van der Waals surface area (Å²) < 4.78 is 15.2. The van der Waals surface area contributed by atoms with Crippen molar-refractivity contribution in [2.75, 3.05) is 11.9 Å². The summed E-state index contributed by atoms with van der Waals surface area (Å²) in [5.41, 5.74) is 6.47. The van der Waals surface area contributed by atoms with Crippen LogP contribution in [0.3, 0.4) is 0 Å². The molecule has 0 saturated carbocycles. The van der Waals surface area contributed by atoms with E-state index in [0.717, 1.165) is 5.52 Å². The fourth-order valence-electron chi connectivity index (χ4n) is 1.82. The molecule has 0 aliphatic heterocycles. The molecular weight excluding hydrogens is 235 g/mol. The Morgan fingerprint density at radius 1 is 1.56 bits per heavy atom. The van der Waals surface area contributed by atoms with Crippen LogP contribution in [0.15, 0.2) is 12.1 Å². The van der Waals surface area contributed by atoms with Gasteiger partial charge in [0.1, 0.15) is 5.82 Å². The third kappa shape index (κ3) is 2.27. The van der Waals surface area contributed by atoms with E-state index in [1.165, 1.54) is 6.07 Å². The van der Waals surface area contributed by atoms with E-state index in [0.29, 0.717) is 23.3 Å². The average molecular weight is 250 g/mol. The van der Waals surface area contributed by atoms with Crippen LogP contribution >= 0.6 is 0 Å². The first-order chi connectivity index (χ1) is 8.49. The zero-order valence-electron chi connectivity index (χ0n) is 10.3. The molecule has 0 unspecified atom stereocenters. The lowest BCUT2D eigenvalue weighted by molar-refractivity contribution is -0.117. The molecule has 1 heterocycles. The molecule has 1 aromatic carbocycles. The van der Waals surface area contributed by atoms with Crippen molar-refractivity contribution in [1.82, 2.24) is 9.78 Å². The van der Waals surface area contributed by atoms with Gasteiger partial charge in [-0.15, -0.1) is 0 Å². The number of carbonyl (C=O) groups excluding carboxylic acids is 1. The van der Waals surface area contributed by atoms with Gasteiger partial charge in [-0.2, -0.15) is 5.10 Å². The number of nitrogens with two attached hydrogens (primary N) is 1. The average Bonchev–Trinajstić information content (AvgIpc) is 2.57. The largest absolute Gasteiger partial charge is 0.370 e. The summed E-state index contributed by atoms with van der Waals surface area (Å²) in [4.78, 5) is 10.7. The van der Waals surface area contributed by atoms with Crippen molar-refractivity contribution in [3.63, 3.8) is 0 Å². The Morgan fingerprint density at radius 2 is 2.28 bits per heavy atom. The highest BCUT2D eigenvalue weighted by molar-refractivity contribution is 5.91. The van der Waals surface area contributed by atoms with Gasteiger partial charge in [-0.05, 0) is 24.6 Å². The van der Waals surface area contributed by atoms with Crippen LogP contribution in [0, 0.1) is 12.7 Å². The van der Waals surface area contributed by atoms with E-state index in [-0.39, 0.29) is 18.1 Å². The van der Waals surface area contributed by atoms with E-state index < -0.39 is 0 Å². The minimum absolute atomic E-state index is 0.215. The maximum Gasteiger partial charge on any atom is 0.219 e. The van der Waals surface area contributed by atoms with Crippen molar-refractivity contribution >= 4 is 22.6 Å². The molecule has 0 atom stereocenters. The number of aryl methyl sites for hydroxylation is 2. The maximum absolute atomic E-state index is 13.5. The third-order valence-corrected chi connectivity index (χ3v) is 2.79. The number of rotatable bonds is 4. The van der Waals surface area contributed by atoms with Crippen LogP contribution < -0.4 is 11.1 Å². The Hall–Kier alpha value is -2.11. The van der Waals surface area contributed by atoms with Crippen molar-refractivity contribution in [1.29, 1.82) is 0 Å². The molecule has 1 aromatic heterocycles. The summed E-state index contributed by atoms with van der Waals surface area (Å²) in [6.45, 7) is 2.10. The van der Waals surface area contributed by atoms with E-state index in [1.807, 2.05) is 0 Å². The number of carbonyl (C=O) groups is 1. The molecule has 0 fully saturated rings. The highest BCUT2D eigenvalue weighted by Gasteiger charge is 2.11. The molecule has 0 radical (unpaired) electrons. The van der Waals surface area contributed by atoms with Crippen LogP contribution in [0.25, 0.3) is 10.9 Å². The number of hydrogen-bond donors (Lipinski definition) is 2. The Kier molecular flexibility index (Phi) is 3.18. The molecule has 6 heteroatoms. The quantitative estimate of drug-likeness (QED) is 0.859. The van der Waals surface area contributed by atoms with E-state index in [2.05, 4.69) is 10.4 Å². The number of halogens is 1. The van der Waals surface area contributed by atoms with Crippen LogP contribution in [-0.2, 0) is 11.8 Å². The molecule has 0 bridgehead atoms. The standard InChI is InChI=1S/C12H15FN4O/c1-7-5-10-8(6-9(7)13)12(16-17(10)2)15-4-3-11(14)18/h5-6H,3-4H2,1-2H3,(H2,14,18)(H,15,16). The molecule has 2 aromatic rings. The van der Waals surface area contributed by atoms with Crippen molar-refractivity contribution < 1.29 is 9.18 Å².